The topological polar surface area (TPSA) is 293 Å². The number of aromatic hydroxyl groups is 1. The van der Waals surface area contributed by atoms with Crippen molar-refractivity contribution in [2.45, 2.75) is 128 Å². The number of carboxylic acids is 1. The number of nitrogens with one attached hydrogen (secondary N) is 2. The lowest BCUT2D eigenvalue weighted by atomic mass is 10.1. The number of hydrogen-bond donors (Lipinski definition) is 6. The van der Waals surface area contributed by atoms with Crippen LogP contribution in [0.15, 0.2) is 315 Å². The van der Waals surface area contributed by atoms with E-state index in [2.05, 4.69) is 117 Å². The molecular formula is C101H107FN4O16. The molecule has 12 rings (SSSR count). The van der Waals surface area contributed by atoms with Gasteiger partial charge in [-0.05, 0) is 244 Å². The Morgan fingerprint density at radius 3 is 0.779 bits per heavy atom. The zero-order valence-electron chi connectivity index (χ0n) is 70.1. The molecule has 4 unspecified atom stereocenters. The molecule has 4 atom stereocenters. The first kappa shape index (κ1) is 93.6. The van der Waals surface area contributed by atoms with Crippen molar-refractivity contribution >= 4 is 36.1 Å². The number of carboxylic acid groups (broad SMARTS) is 1. The van der Waals surface area contributed by atoms with Crippen LogP contribution in [0.1, 0.15) is 108 Å². The first-order valence-corrected chi connectivity index (χ1v) is 39.7. The number of halogens is 1. The molecule has 2 amide bonds. The number of benzene rings is 12. The summed E-state index contributed by atoms with van der Waals surface area (Å²) in [6.45, 7) is 10.4. The average molecular weight is 1650 g/mol. The molecule has 0 aliphatic heterocycles. The SMILES string of the molecule is COC(=O)C(Cc1ccc(F)cc1)NC(=O)OC(C)(C)C.COC(=O)C(Cc1ccc(Oc2ccc(Cc3ccccc3)cc2)cc1)NC(=O)OC(C)(C)C.COC(=O)C(N)Cc1ccc(Oc2ccc(Cc3ccccc3)cc2)cc1.NC(Cc1ccc(Oc2ccc(Cc3ccccc3)cc2)cc1)C(=O)O.Oc1ccc(Cc2ccccc2)cc1. The van der Waals surface area contributed by atoms with Crippen LogP contribution in [0.2, 0.25) is 0 Å². The van der Waals surface area contributed by atoms with Crippen LogP contribution in [0.5, 0.6) is 40.2 Å². The van der Waals surface area contributed by atoms with Crippen molar-refractivity contribution in [3.05, 3.63) is 388 Å². The molecule has 0 saturated carbocycles. The highest BCUT2D eigenvalue weighted by molar-refractivity contribution is 5.82. The number of esters is 3. The van der Waals surface area contributed by atoms with Crippen LogP contribution in [-0.4, -0.2) is 103 Å². The lowest BCUT2D eigenvalue weighted by Crippen LogP contribution is -2.45. The fraction of sp³-hybridized carbons (Fsp3) is 0.228. The van der Waals surface area contributed by atoms with Gasteiger partial charge in [-0.3, -0.25) is 9.59 Å². The molecule has 8 N–H and O–H groups in total. The highest BCUT2D eigenvalue weighted by atomic mass is 19.1. The van der Waals surface area contributed by atoms with E-state index in [0.717, 1.165) is 65.4 Å². The van der Waals surface area contributed by atoms with Gasteiger partial charge in [-0.2, -0.15) is 0 Å². The molecule has 634 valence electrons. The molecular weight excluding hydrogens is 1540 g/mol. The number of amides is 2. The molecule has 0 aliphatic carbocycles. The van der Waals surface area contributed by atoms with E-state index >= 15 is 0 Å². The maximum atomic E-state index is 12.9. The lowest BCUT2D eigenvalue weighted by molar-refractivity contribution is -0.143. The average Bonchev–Trinajstić information content (AvgIpc) is 0.877. The van der Waals surface area contributed by atoms with Crippen LogP contribution in [0.3, 0.4) is 0 Å². The van der Waals surface area contributed by atoms with Crippen LogP contribution < -0.4 is 36.3 Å². The highest BCUT2D eigenvalue weighted by Crippen LogP contribution is 2.28. The summed E-state index contributed by atoms with van der Waals surface area (Å²) in [6, 6.07) is 97.4. The molecule has 122 heavy (non-hydrogen) atoms. The third kappa shape index (κ3) is 35.3. The first-order chi connectivity index (χ1) is 58.5. The van der Waals surface area contributed by atoms with E-state index in [0.29, 0.717) is 35.7 Å². The van der Waals surface area contributed by atoms with Gasteiger partial charge in [0.1, 0.15) is 81.4 Å². The molecule has 0 radical (unpaired) electrons. The quantitative estimate of drug-likeness (QED) is 0.0196. The molecule has 0 fully saturated rings. The van der Waals surface area contributed by atoms with Gasteiger partial charge >= 0.3 is 36.1 Å². The molecule has 20 nitrogen and oxygen atoms in total. The number of aliphatic carboxylic acids is 1. The fourth-order valence-corrected chi connectivity index (χ4v) is 11.9. The molecule has 0 aliphatic rings. The normalized spacial score (nSPS) is 11.7. The van der Waals surface area contributed by atoms with E-state index < -0.39 is 71.4 Å². The van der Waals surface area contributed by atoms with Crippen LogP contribution in [0, 0.1) is 5.82 Å². The third-order valence-electron chi connectivity index (χ3n) is 18.1. The van der Waals surface area contributed by atoms with Crippen LogP contribution >= 0.6 is 0 Å². The van der Waals surface area contributed by atoms with E-state index in [9.17, 15) is 33.2 Å². The summed E-state index contributed by atoms with van der Waals surface area (Å²) >= 11 is 0. The Morgan fingerprint density at radius 2 is 0.533 bits per heavy atom. The molecule has 12 aromatic rings. The summed E-state index contributed by atoms with van der Waals surface area (Å²) < 4.78 is 55.0. The number of ether oxygens (including phenoxy) is 8. The Bertz CT molecular complexity index is 5140. The van der Waals surface area contributed by atoms with Gasteiger partial charge in [-0.1, -0.05) is 218 Å². The zero-order valence-corrected chi connectivity index (χ0v) is 70.1. The fourth-order valence-electron chi connectivity index (χ4n) is 11.9. The number of phenolic OH excluding ortho intramolecular Hbond substituents is 1. The van der Waals surface area contributed by atoms with Gasteiger partial charge in [0.15, 0.2) is 0 Å². The van der Waals surface area contributed by atoms with Crippen molar-refractivity contribution in [2.75, 3.05) is 21.3 Å². The Labute approximate surface area is 713 Å². The number of phenols is 1. The Balaban J connectivity index is 0.000000194. The predicted octanol–water partition coefficient (Wildman–Crippen LogP) is 19.2. The molecule has 21 heteroatoms. The van der Waals surface area contributed by atoms with Gasteiger partial charge in [-0.15, -0.1) is 0 Å². The summed E-state index contributed by atoms with van der Waals surface area (Å²) in [4.78, 5) is 69.9. The molecule has 0 aromatic heterocycles. The Hall–Kier alpha value is -13.9. The zero-order chi connectivity index (χ0) is 87.8. The lowest BCUT2D eigenvalue weighted by Gasteiger charge is -2.22. The summed E-state index contributed by atoms with van der Waals surface area (Å²) in [5.74, 6) is 1.81. The minimum absolute atomic E-state index is 0.187. The van der Waals surface area contributed by atoms with Crippen molar-refractivity contribution in [2.24, 2.45) is 11.5 Å². The summed E-state index contributed by atoms with van der Waals surface area (Å²) in [7, 11) is 3.86. The number of nitrogens with two attached hydrogens (primary N) is 2. The summed E-state index contributed by atoms with van der Waals surface area (Å²) in [6.07, 6.45) is 3.38. The largest absolute Gasteiger partial charge is 0.508 e. The predicted molar refractivity (Wildman–Crippen MR) is 471 cm³/mol. The maximum Gasteiger partial charge on any atom is 0.408 e. The number of carbonyl (C=O) groups excluding carboxylic acids is 5. The number of alkyl carbamates (subject to hydrolysis) is 2. The van der Waals surface area contributed by atoms with Crippen LogP contribution in [-0.2, 0) is 94.2 Å². The van der Waals surface area contributed by atoms with Crippen molar-refractivity contribution in [1.82, 2.24) is 10.6 Å². The monoisotopic (exact) mass is 1650 g/mol. The van der Waals surface area contributed by atoms with E-state index in [1.807, 2.05) is 182 Å². The van der Waals surface area contributed by atoms with Crippen molar-refractivity contribution in [3.63, 3.8) is 0 Å². The van der Waals surface area contributed by atoms with Gasteiger partial charge in [0.05, 0.1) is 21.3 Å². The van der Waals surface area contributed by atoms with E-state index in [4.69, 9.17) is 50.1 Å². The van der Waals surface area contributed by atoms with Crippen molar-refractivity contribution < 1.29 is 81.3 Å². The van der Waals surface area contributed by atoms with Crippen LogP contribution in [0.25, 0.3) is 0 Å². The van der Waals surface area contributed by atoms with E-state index in [1.54, 1.807) is 65.8 Å². The van der Waals surface area contributed by atoms with Crippen molar-refractivity contribution in [3.8, 4) is 40.2 Å². The van der Waals surface area contributed by atoms with E-state index in [1.165, 1.54) is 78.0 Å². The van der Waals surface area contributed by atoms with E-state index in [-0.39, 0.29) is 18.7 Å². The first-order valence-electron chi connectivity index (χ1n) is 39.7. The second-order valence-corrected chi connectivity index (χ2v) is 30.4. The number of rotatable bonds is 28. The van der Waals surface area contributed by atoms with Gasteiger partial charge in [0.2, 0.25) is 0 Å². The molecule has 0 spiro atoms. The number of carbonyl (C=O) groups is 6. The molecule has 0 heterocycles. The summed E-state index contributed by atoms with van der Waals surface area (Å²) in [5.41, 5.74) is 23.4. The smallest absolute Gasteiger partial charge is 0.408 e. The standard InChI is InChI=1S/C28H31NO5.C23H23NO3.C22H21NO3.C15H20FNO4.C13H12O/c1-28(2,3)34-27(31)29-25(26(30)32-4)19-22-12-16-24(17-13-22)33-23-14-10-21(11-15-23)18-20-8-6-5-7-9-20;1-26-23(25)22(24)16-19-9-13-21(14-10-19)27-20-11-7-18(8-12-20)15-17-5-3-2-4-6-17;23-21(22(24)25)15-18-8-12-20(13-9-18)26-19-10-6-17(7-11-19)14-16-4-2-1-3-5-16;1-15(2,3)21-14(19)17-12(13(18)20-4)9-10-5-7-11(16)8-6-10;14-13-8-6-12(7-9-13)10-11-4-2-1-3-5-11/h5-17,25H,18-19H2,1-4H3,(H,29,31);2-14,22H,15-16,24H2,1H3;1-13,21H,14-15,23H2,(H,24,25);5-8,12H,9H2,1-4H3,(H,17,19);1-9,14H,10H2. The Kier molecular flexibility index (Phi) is 37.0. The summed E-state index contributed by atoms with van der Waals surface area (Å²) in [5, 5.41) is 23.0. The minimum Gasteiger partial charge on any atom is -0.508 e. The van der Waals surface area contributed by atoms with Gasteiger partial charge in [-0.25, -0.2) is 23.6 Å². The number of hydrogen-bond acceptors (Lipinski definition) is 17. The molecule has 12 aromatic carbocycles. The molecule has 0 bridgehead atoms. The van der Waals surface area contributed by atoms with Crippen LogP contribution in [0.4, 0.5) is 14.0 Å². The van der Waals surface area contributed by atoms with Gasteiger partial charge in [0.25, 0.3) is 0 Å². The number of methoxy groups -OCH3 is 3. The minimum atomic E-state index is -0.999. The second kappa shape index (κ2) is 48.2. The third-order valence-corrected chi connectivity index (χ3v) is 18.1. The Morgan fingerprint density at radius 1 is 0.311 bits per heavy atom. The highest BCUT2D eigenvalue weighted by Gasteiger charge is 2.27. The molecule has 0 saturated heterocycles. The van der Waals surface area contributed by atoms with Gasteiger partial charge < -0.3 is 70.2 Å². The van der Waals surface area contributed by atoms with Gasteiger partial charge in [0, 0.05) is 12.8 Å². The van der Waals surface area contributed by atoms with Crippen molar-refractivity contribution in [1.29, 1.82) is 0 Å². The second-order valence-electron chi connectivity index (χ2n) is 30.4. The maximum absolute atomic E-state index is 12.9.